The maximum Gasteiger partial charge on any atom is 0.320 e. The van der Waals surface area contributed by atoms with Gasteiger partial charge in [-0.25, -0.2) is 22.3 Å². The highest BCUT2D eigenvalue weighted by molar-refractivity contribution is 7.89. The Kier molecular flexibility index (Phi) is 5.18. The smallest absolute Gasteiger partial charge is 0.320 e. The molecule has 0 atom stereocenters. The molecule has 6 rings (SSSR count). The Balaban J connectivity index is 0.957. The number of aromatic nitrogens is 3. The fourth-order valence-electron chi connectivity index (χ4n) is 5.64. The quantitative estimate of drug-likeness (QED) is 0.672. The monoisotopic (exact) mass is 488 g/mol. The average molecular weight is 489 g/mol. The van der Waals surface area contributed by atoms with Gasteiger partial charge in [-0.2, -0.15) is 0 Å². The molecule has 3 heterocycles. The van der Waals surface area contributed by atoms with Gasteiger partial charge in [0.05, 0.1) is 4.90 Å². The molecule has 2 aliphatic heterocycles. The first-order valence-corrected chi connectivity index (χ1v) is 13.5. The first-order chi connectivity index (χ1) is 16.3. The molecule has 2 saturated carbocycles. The molecule has 2 saturated heterocycles. The Hall–Kier alpha value is -2.53. The molecule has 2 aromatic rings. The zero-order valence-electron chi connectivity index (χ0n) is 18.9. The van der Waals surface area contributed by atoms with E-state index in [0.717, 1.165) is 49.7 Å². The van der Waals surface area contributed by atoms with Crippen LogP contribution in [0.1, 0.15) is 62.0 Å². The summed E-state index contributed by atoms with van der Waals surface area (Å²) in [6, 6.07) is 4.60. The molecular formula is C23H29FN6O3S. The van der Waals surface area contributed by atoms with E-state index in [1.807, 2.05) is 9.80 Å². The van der Waals surface area contributed by atoms with Crippen molar-refractivity contribution in [2.24, 2.45) is 5.41 Å². The molecule has 0 radical (unpaired) electrons. The number of urea groups is 1. The number of carbonyl (C=O) groups is 1. The van der Waals surface area contributed by atoms with Gasteiger partial charge in [0.25, 0.3) is 0 Å². The third-order valence-electron chi connectivity index (χ3n) is 7.77. The van der Waals surface area contributed by atoms with Crippen LogP contribution >= 0.6 is 0 Å². The molecule has 2 N–H and O–H groups in total. The topological polar surface area (TPSA) is 111 Å². The molecule has 2 amide bonds. The summed E-state index contributed by atoms with van der Waals surface area (Å²) >= 11 is 0. The Bertz CT molecular complexity index is 1170. The van der Waals surface area contributed by atoms with Gasteiger partial charge in [0.15, 0.2) is 0 Å². The van der Waals surface area contributed by atoms with E-state index in [0.29, 0.717) is 37.8 Å². The third kappa shape index (κ3) is 4.08. The molecule has 182 valence electrons. The van der Waals surface area contributed by atoms with Crippen molar-refractivity contribution >= 4 is 16.1 Å². The van der Waals surface area contributed by atoms with Crippen molar-refractivity contribution in [1.29, 1.82) is 0 Å². The maximum absolute atomic E-state index is 13.1. The summed E-state index contributed by atoms with van der Waals surface area (Å²) in [4.78, 5) is 20.1. The number of amides is 2. The van der Waals surface area contributed by atoms with Crippen LogP contribution in [-0.4, -0.2) is 71.7 Å². The number of hydrogen-bond donors (Lipinski definition) is 2. The van der Waals surface area contributed by atoms with Crippen molar-refractivity contribution in [3.8, 4) is 0 Å². The second-order valence-corrected chi connectivity index (χ2v) is 12.2. The third-order valence-corrected chi connectivity index (χ3v) is 9.30. The van der Waals surface area contributed by atoms with E-state index in [4.69, 9.17) is 0 Å². The van der Waals surface area contributed by atoms with Gasteiger partial charge in [-0.15, -0.1) is 10.2 Å². The van der Waals surface area contributed by atoms with E-state index < -0.39 is 15.8 Å². The number of H-pyrrole nitrogens is 1. The summed E-state index contributed by atoms with van der Waals surface area (Å²) in [5, 5.41) is 8.64. The van der Waals surface area contributed by atoms with Crippen LogP contribution in [0.25, 0.3) is 0 Å². The SMILES string of the molecule is O=C(N1CCC(NS(=O)(=O)c2ccc(F)cc2)CC1)N1CC2(CC(c3nnc(C4CC4)[nH]3)C2)C1. The highest BCUT2D eigenvalue weighted by Gasteiger charge is 2.55. The van der Waals surface area contributed by atoms with E-state index in [-0.39, 0.29) is 22.4 Å². The lowest BCUT2D eigenvalue weighted by Gasteiger charge is -2.59. The predicted octanol–water partition coefficient (Wildman–Crippen LogP) is 2.56. The Morgan fingerprint density at radius 1 is 0.971 bits per heavy atom. The minimum absolute atomic E-state index is 0.0459. The molecule has 1 aromatic heterocycles. The largest absolute Gasteiger partial charge is 0.328 e. The number of halogens is 1. The molecule has 0 bridgehead atoms. The Labute approximate surface area is 198 Å². The molecule has 34 heavy (non-hydrogen) atoms. The summed E-state index contributed by atoms with van der Waals surface area (Å²) in [6.07, 6.45) is 5.62. The number of rotatable bonds is 5. The van der Waals surface area contributed by atoms with Crippen molar-refractivity contribution in [2.45, 2.75) is 61.3 Å². The van der Waals surface area contributed by atoms with E-state index >= 15 is 0 Å². The standard InChI is InChI=1S/C23H29FN6O3S/c24-17-3-5-19(6-4-17)34(32,33)28-18-7-9-29(10-8-18)22(31)30-13-23(14-30)11-16(12-23)21-25-20(26-27-21)15-1-2-15/h3-6,15-16,18,28H,1-2,7-14H2,(H,25,26,27). The maximum atomic E-state index is 13.1. The fourth-order valence-corrected chi connectivity index (χ4v) is 6.94. The second-order valence-electron chi connectivity index (χ2n) is 10.5. The van der Waals surface area contributed by atoms with E-state index in [2.05, 4.69) is 19.9 Å². The Morgan fingerprint density at radius 3 is 2.21 bits per heavy atom. The highest BCUT2D eigenvalue weighted by atomic mass is 32.2. The zero-order chi connectivity index (χ0) is 23.5. The van der Waals surface area contributed by atoms with Crippen LogP contribution in [0.15, 0.2) is 29.2 Å². The molecule has 0 unspecified atom stereocenters. The molecule has 11 heteroatoms. The van der Waals surface area contributed by atoms with Crippen molar-refractivity contribution in [3.63, 3.8) is 0 Å². The molecule has 2 aliphatic carbocycles. The van der Waals surface area contributed by atoms with Crippen LogP contribution in [-0.2, 0) is 10.0 Å². The molecule has 9 nitrogen and oxygen atoms in total. The predicted molar refractivity (Wildman–Crippen MR) is 121 cm³/mol. The minimum atomic E-state index is -3.71. The van der Waals surface area contributed by atoms with Gasteiger partial charge >= 0.3 is 6.03 Å². The second kappa shape index (κ2) is 8.01. The van der Waals surface area contributed by atoms with Gasteiger partial charge in [-0.1, -0.05) is 0 Å². The number of benzene rings is 1. The van der Waals surface area contributed by atoms with Crippen LogP contribution < -0.4 is 4.72 Å². The number of likely N-dealkylation sites (tertiary alicyclic amines) is 2. The summed E-state index contributed by atoms with van der Waals surface area (Å²) in [7, 11) is -3.71. The summed E-state index contributed by atoms with van der Waals surface area (Å²) in [5.74, 6) is 2.56. The van der Waals surface area contributed by atoms with Gasteiger partial charge in [0.1, 0.15) is 17.5 Å². The molecule has 4 fully saturated rings. The number of carbonyl (C=O) groups excluding carboxylic acids is 1. The van der Waals surface area contributed by atoms with Crippen LogP contribution in [0.5, 0.6) is 0 Å². The number of sulfonamides is 1. The van der Waals surface area contributed by atoms with Gasteiger partial charge in [-0.05, 0) is 62.8 Å². The summed E-state index contributed by atoms with van der Waals surface area (Å²) < 4.78 is 40.9. The van der Waals surface area contributed by atoms with Crippen LogP contribution in [0.4, 0.5) is 9.18 Å². The first-order valence-electron chi connectivity index (χ1n) is 12.0. The number of nitrogens with one attached hydrogen (secondary N) is 2. The molecule has 1 aromatic carbocycles. The number of hydrogen-bond acceptors (Lipinski definition) is 5. The van der Waals surface area contributed by atoms with E-state index in [1.165, 1.54) is 25.0 Å². The molecular weight excluding hydrogens is 459 g/mol. The summed E-state index contributed by atoms with van der Waals surface area (Å²) in [6.45, 7) is 2.60. The summed E-state index contributed by atoms with van der Waals surface area (Å²) in [5.41, 5.74) is 0.218. The lowest BCUT2D eigenvalue weighted by molar-refractivity contribution is -0.0571. The van der Waals surface area contributed by atoms with Gasteiger partial charge in [0.2, 0.25) is 10.0 Å². The first kappa shape index (κ1) is 22.0. The van der Waals surface area contributed by atoms with Crippen molar-refractivity contribution in [1.82, 2.24) is 29.7 Å². The van der Waals surface area contributed by atoms with Crippen LogP contribution in [0, 0.1) is 11.2 Å². The normalized spacial score (nSPS) is 23.1. The van der Waals surface area contributed by atoms with Gasteiger partial charge < -0.3 is 14.8 Å². The van der Waals surface area contributed by atoms with Crippen LogP contribution in [0.2, 0.25) is 0 Å². The van der Waals surface area contributed by atoms with Gasteiger partial charge in [-0.3, -0.25) is 0 Å². The average Bonchev–Trinajstić information content (AvgIpc) is 3.50. The van der Waals surface area contributed by atoms with E-state index in [9.17, 15) is 17.6 Å². The molecule has 4 aliphatic rings. The van der Waals surface area contributed by atoms with Crippen molar-refractivity contribution < 1.29 is 17.6 Å². The van der Waals surface area contributed by atoms with Gasteiger partial charge in [0, 0.05) is 49.5 Å². The fraction of sp³-hybridized carbons (Fsp3) is 0.609. The lowest BCUT2D eigenvalue weighted by Crippen LogP contribution is -2.66. The number of nitrogens with zero attached hydrogens (tertiary/aromatic N) is 4. The van der Waals surface area contributed by atoms with Crippen molar-refractivity contribution in [3.05, 3.63) is 41.7 Å². The number of piperidine rings is 1. The van der Waals surface area contributed by atoms with Crippen LogP contribution in [0.3, 0.4) is 0 Å². The molecule has 1 spiro atoms. The Morgan fingerprint density at radius 2 is 1.59 bits per heavy atom. The van der Waals surface area contributed by atoms with Crippen molar-refractivity contribution in [2.75, 3.05) is 26.2 Å². The minimum Gasteiger partial charge on any atom is -0.328 e. The lowest BCUT2D eigenvalue weighted by atomic mass is 9.57. The van der Waals surface area contributed by atoms with E-state index in [1.54, 1.807) is 0 Å². The number of aromatic amines is 1. The zero-order valence-corrected chi connectivity index (χ0v) is 19.7. The highest BCUT2D eigenvalue weighted by Crippen LogP contribution is 2.55.